The Balaban J connectivity index is 5.23. The van der Waals surface area contributed by atoms with Crippen LogP contribution in [0.15, 0.2) is 0 Å². The van der Waals surface area contributed by atoms with Crippen molar-refractivity contribution in [2.24, 2.45) is 23.7 Å². The fourth-order valence-corrected chi connectivity index (χ4v) is 12.4. The van der Waals surface area contributed by atoms with Crippen LogP contribution in [0, 0.1) is 23.7 Å². The molecule has 2 unspecified atom stereocenters. The van der Waals surface area contributed by atoms with Crippen molar-refractivity contribution in [3.8, 4) is 0 Å². The van der Waals surface area contributed by atoms with Gasteiger partial charge in [0.15, 0.2) is 12.2 Å². The van der Waals surface area contributed by atoms with Crippen molar-refractivity contribution < 1.29 is 80.2 Å². The number of hydrogen-bond acceptors (Lipinski definition) is 15. The number of hydrogen-bond donors (Lipinski definition) is 3. The van der Waals surface area contributed by atoms with Crippen LogP contribution in [0.3, 0.4) is 0 Å². The maximum absolute atomic E-state index is 13.0. The van der Waals surface area contributed by atoms with Crippen molar-refractivity contribution in [3.63, 3.8) is 0 Å². The van der Waals surface area contributed by atoms with Gasteiger partial charge in [-0.3, -0.25) is 37.3 Å². The van der Waals surface area contributed by atoms with E-state index in [1.807, 2.05) is 0 Å². The van der Waals surface area contributed by atoms with Crippen LogP contribution in [0.2, 0.25) is 0 Å². The summed E-state index contributed by atoms with van der Waals surface area (Å²) in [6.45, 7) is 14.1. The molecule has 0 spiro atoms. The van der Waals surface area contributed by atoms with Gasteiger partial charge in [-0.15, -0.1) is 0 Å². The lowest BCUT2D eigenvalue weighted by Gasteiger charge is -2.21. The number of phosphoric acid groups is 2. The van der Waals surface area contributed by atoms with E-state index in [4.69, 9.17) is 37.0 Å². The van der Waals surface area contributed by atoms with E-state index in [1.54, 1.807) is 0 Å². The molecule has 540 valence electrons. The van der Waals surface area contributed by atoms with Crippen LogP contribution in [0.1, 0.15) is 357 Å². The summed E-state index contributed by atoms with van der Waals surface area (Å²) < 4.78 is 68.3. The van der Waals surface area contributed by atoms with Crippen LogP contribution in [0.4, 0.5) is 0 Å². The van der Waals surface area contributed by atoms with Crippen molar-refractivity contribution in [3.05, 3.63) is 0 Å². The van der Waals surface area contributed by atoms with Gasteiger partial charge < -0.3 is 33.8 Å². The smallest absolute Gasteiger partial charge is 0.462 e. The zero-order valence-electron chi connectivity index (χ0n) is 59.5. The number of aliphatic hydroxyl groups excluding tert-OH is 1. The van der Waals surface area contributed by atoms with Crippen molar-refractivity contribution in [2.75, 3.05) is 39.6 Å². The van der Waals surface area contributed by atoms with Gasteiger partial charge in [0.05, 0.1) is 26.4 Å². The van der Waals surface area contributed by atoms with Crippen LogP contribution >= 0.6 is 15.6 Å². The lowest BCUT2D eigenvalue weighted by atomic mass is 10.0. The summed E-state index contributed by atoms with van der Waals surface area (Å²) in [5.41, 5.74) is 0. The summed E-state index contributed by atoms with van der Waals surface area (Å²) >= 11 is 0. The number of carbonyl (C=O) groups excluding carboxylic acids is 4. The van der Waals surface area contributed by atoms with E-state index in [0.717, 1.165) is 114 Å². The van der Waals surface area contributed by atoms with Crippen molar-refractivity contribution in [1.82, 2.24) is 0 Å². The van der Waals surface area contributed by atoms with Gasteiger partial charge in [-0.05, 0) is 49.4 Å². The van der Waals surface area contributed by atoms with Crippen LogP contribution < -0.4 is 0 Å². The third-order valence-corrected chi connectivity index (χ3v) is 18.5. The Hall–Kier alpha value is -1.94. The number of esters is 4. The number of phosphoric ester groups is 2. The molecular formula is C72H140O17P2. The molecule has 3 N–H and O–H groups in total. The molecule has 0 fully saturated rings. The Bertz CT molecular complexity index is 1800. The Morgan fingerprint density at radius 2 is 0.462 bits per heavy atom. The van der Waals surface area contributed by atoms with Gasteiger partial charge in [-0.1, -0.05) is 306 Å². The summed E-state index contributed by atoms with van der Waals surface area (Å²) in [5, 5.41) is 10.6. The molecule has 0 aromatic rings. The number of ether oxygens (including phenoxy) is 4. The Labute approximate surface area is 556 Å². The number of rotatable bonds is 69. The molecule has 5 atom stereocenters. The number of carbonyl (C=O) groups is 4. The molecule has 0 heterocycles. The highest BCUT2D eigenvalue weighted by Gasteiger charge is 2.30. The first-order valence-electron chi connectivity index (χ1n) is 37.2. The first-order valence-corrected chi connectivity index (χ1v) is 40.2. The third kappa shape index (κ3) is 66.5. The SMILES string of the molecule is CC(C)CCCCCCCCCCCCCCCC(=O)OC[C@H](COP(=O)(O)OC[C@@H](O)COP(=O)(O)OC[C@@H](COC(=O)CCCCCCCCC(C)C)OC(=O)CCCCCCCCCCCCCC(C)C)OC(=O)CCCCCCCCCCCC(C)C. The summed E-state index contributed by atoms with van der Waals surface area (Å²) in [7, 11) is -9.91. The maximum atomic E-state index is 13.0. The second-order valence-electron chi connectivity index (χ2n) is 27.9. The summed E-state index contributed by atoms with van der Waals surface area (Å²) in [4.78, 5) is 72.6. The van der Waals surface area contributed by atoms with Crippen LogP contribution in [-0.4, -0.2) is 96.7 Å². The van der Waals surface area contributed by atoms with E-state index >= 15 is 0 Å². The van der Waals surface area contributed by atoms with E-state index in [2.05, 4.69) is 55.4 Å². The quantitative estimate of drug-likeness (QED) is 0.0222. The molecular weight excluding hydrogens is 1200 g/mol. The van der Waals surface area contributed by atoms with E-state index in [-0.39, 0.29) is 25.7 Å². The topological polar surface area (TPSA) is 237 Å². The second kappa shape index (κ2) is 61.6. The van der Waals surface area contributed by atoms with Crippen LogP contribution in [0.25, 0.3) is 0 Å². The third-order valence-electron chi connectivity index (χ3n) is 16.6. The Kier molecular flexibility index (Phi) is 60.3. The highest BCUT2D eigenvalue weighted by Crippen LogP contribution is 2.45. The molecule has 0 amide bonds. The summed E-state index contributed by atoms with van der Waals surface area (Å²) in [6.07, 6.45) is 44.6. The molecule has 0 aliphatic rings. The average molecular weight is 1340 g/mol. The molecule has 19 heteroatoms. The molecule has 0 saturated heterocycles. The van der Waals surface area contributed by atoms with Gasteiger partial charge in [0.25, 0.3) is 0 Å². The molecule has 0 saturated carbocycles. The molecule has 0 radical (unpaired) electrons. The second-order valence-corrected chi connectivity index (χ2v) is 30.8. The molecule has 17 nitrogen and oxygen atoms in total. The predicted octanol–water partition coefficient (Wildman–Crippen LogP) is 20.5. The minimum Gasteiger partial charge on any atom is -0.462 e. The van der Waals surface area contributed by atoms with E-state index in [1.165, 1.54) is 154 Å². The van der Waals surface area contributed by atoms with Gasteiger partial charge in [-0.2, -0.15) is 0 Å². The highest BCUT2D eigenvalue weighted by atomic mass is 31.2. The lowest BCUT2D eigenvalue weighted by Crippen LogP contribution is -2.30. The number of unbranched alkanes of at least 4 members (excludes halogenated alkanes) is 35. The minimum atomic E-state index is -4.95. The van der Waals surface area contributed by atoms with Gasteiger partial charge in [-0.25, -0.2) is 9.13 Å². The Morgan fingerprint density at radius 3 is 0.681 bits per heavy atom. The molecule has 0 aliphatic heterocycles. The van der Waals surface area contributed by atoms with Gasteiger partial charge in [0.1, 0.15) is 19.3 Å². The fourth-order valence-electron chi connectivity index (χ4n) is 10.8. The van der Waals surface area contributed by atoms with Crippen LogP contribution in [0.5, 0.6) is 0 Å². The first-order chi connectivity index (χ1) is 43.6. The zero-order chi connectivity index (χ0) is 67.5. The van der Waals surface area contributed by atoms with Crippen molar-refractivity contribution in [1.29, 1.82) is 0 Å². The van der Waals surface area contributed by atoms with Gasteiger partial charge in [0.2, 0.25) is 0 Å². The van der Waals surface area contributed by atoms with E-state index < -0.39 is 97.5 Å². The van der Waals surface area contributed by atoms with Crippen molar-refractivity contribution >= 4 is 39.5 Å². The fraction of sp³-hybridized carbons (Fsp3) is 0.944. The highest BCUT2D eigenvalue weighted by molar-refractivity contribution is 7.47. The predicted molar refractivity (Wildman–Crippen MR) is 367 cm³/mol. The first kappa shape index (κ1) is 89.1. The maximum Gasteiger partial charge on any atom is 0.472 e. The standard InChI is InChI=1S/C72H140O17P2/c1-62(2)48-40-32-24-18-13-10-9-11-15-21-27-36-44-52-69(74)82-58-67(88-72(77)55-47-39-29-23-17-20-26-34-42-50-64(5)6)60-86-90(78,79)84-56-66(73)57-85-91(80,81)87-61-68(59-83-70(75)53-45-37-31-30-35-43-51-65(7)8)89-71(76)54-46-38-28-22-16-12-14-19-25-33-41-49-63(3)4/h62-68,73H,9-61H2,1-8H3,(H,78,79)(H,80,81)/t66-,67-,68-/m1/s1. The molecule has 0 aliphatic carbocycles. The number of aliphatic hydroxyl groups is 1. The van der Waals surface area contributed by atoms with E-state index in [9.17, 15) is 43.2 Å². The summed E-state index contributed by atoms with van der Waals surface area (Å²) in [6, 6.07) is 0. The van der Waals surface area contributed by atoms with Crippen LogP contribution in [-0.2, 0) is 65.4 Å². The average Bonchev–Trinajstić information content (AvgIpc) is 2.89. The molecule has 0 aromatic heterocycles. The van der Waals surface area contributed by atoms with Crippen molar-refractivity contribution in [2.45, 2.75) is 375 Å². The van der Waals surface area contributed by atoms with Gasteiger partial charge >= 0.3 is 39.5 Å². The summed E-state index contributed by atoms with van der Waals surface area (Å²) in [5.74, 6) is 0.844. The molecule has 0 aromatic carbocycles. The molecule has 0 bridgehead atoms. The Morgan fingerprint density at radius 1 is 0.275 bits per heavy atom. The largest absolute Gasteiger partial charge is 0.472 e. The lowest BCUT2D eigenvalue weighted by molar-refractivity contribution is -0.161. The minimum absolute atomic E-state index is 0.105. The molecule has 0 rings (SSSR count). The van der Waals surface area contributed by atoms with E-state index in [0.29, 0.717) is 31.6 Å². The zero-order valence-corrected chi connectivity index (χ0v) is 61.3. The van der Waals surface area contributed by atoms with Gasteiger partial charge in [0, 0.05) is 25.7 Å². The molecule has 91 heavy (non-hydrogen) atoms. The normalized spacial score (nSPS) is 14.2. The monoisotopic (exact) mass is 1340 g/mol.